The maximum absolute atomic E-state index is 12.4. The minimum atomic E-state index is -0.518. The highest BCUT2D eigenvalue weighted by Crippen LogP contribution is 2.20. The first-order valence-corrected chi connectivity index (χ1v) is 9.54. The molecule has 1 heterocycles. The average Bonchev–Trinajstić information content (AvgIpc) is 2.50. The molecule has 24 heavy (non-hydrogen) atoms. The van der Waals surface area contributed by atoms with Crippen LogP contribution < -0.4 is 5.32 Å². The predicted octanol–water partition coefficient (Wildman–Crippen LogP) is 4.46. The van der Waals surface area contributed by atoms with Crippen LogP contribution in [0.4, 0.5) is 4.79 Å². The molecule has 5 nitrogen and oxygen atoms in total. The lowest BCUT2D eigenvalue weighted by molar-refractivity contribution is -0.127. The van der Waals surface area contributed by atoms with Crippen LogP contribution in [0, 0.1) is 5.92 Å². The number of piperidine rings is 1. The highest BCUT2D eigenvalue weighted by molar-refractivity contribution is 5.79. The van der Waals surface area contributed by atoms with Crippen molar-refractivity contribution in [2.24, 2.45) is 5.92 Å². The Morgan fingerprint density at radius 1 is 1.21 bits per heavy atom. The van der Waals surface area contributed by atoms with E-state index >= 15 is 0 Å². The predicted molar refractivity (Wildman–Crippen MR) is 96.6 cm³/mol. The van der Waals surface area contributed by atoms with E-state index < -0.39 is 5.60 Å². The lowest BCUT2D eigenvalue weighted by atomic mass is 10.0. The van der Waals surface area contributed by atoms with Crippen molar-refractivity contribution in [3.63, 3.8) is 0 Å². The van der Waals surface area contributed by atoms with Crippen molar-refractivity contribution in [2.45, 2.75) is 97.8 Å². The third-order valence-corrected chi connectivity index (χ3v) is 4.38. The second-order valence-corrected chi connectivity index (χ2v) is 7.94. The molecule has 140 valence electrons. The molecule has 1 fully saturated rings. The molecular weight excluding hydrogens is 304 g/mol. The Labute approximate surface area is 147 Å². The molecule has 2 atom stereocenters. The monoisotopic (exact) mass is 340 g/mol. The first kappa shape index (κ1) is 20.8. The molecule has 5 heteroatoms. The maximum Gasteiger partial charge on any atom is 0.411 e. The van der Waals surface area contributed by atoms with Crippen LogP contribution in [-0.4, -0.2) is 35.2 Å². The fourth-order valence-electron chi connectivity index (χ4n) is 2.94. The van der Waals surface area contributed by atoms with Crippen molar-refractivity contribution >= 4 is 12.0 Å². The summed E-state index contributed by atoms with van der Waals surface area (Å²) in [4.78, 5) is 26.5. The van der Waals surface area contributed by atoms with Gasteiger partial charge < -0.3 is 10.1 Å². The van der Waals surface area contributed by atoms with E-state index in [-0.39, 0.29) is 24.1 Å². The van der Waals surface area contributed by atoms with Gasteiger partial charge in [0.1, 0.15) is 11.8 Å². The molecule has 2 amide bonds. The number of likely N-dealkylation sites (tertiary alicyclic amines) is 1. The number of unbranched alkanes of at least 4 members (excludes halogenated alkanes) is 3. The Kier molecular flexibility index (Phi) is 8.57. The summed E-state index contributed by atoms with van der Waals surface area (Å²) in [6, 6.07) is 0. The van der Waals surface area contributed by atoms with Gasteiger partial charge in [0.25, 0.3) is 0 Å². The second-order valence-electron chi connectivity index (χ2n) is 7.94. The third kappa shape index (κ3) is 7.54. The number of amides is 2. The van der Waals surface area contributed by atoms with Gasteiger partial charge in [0, 0.05) is 12.5 Å². The summed E-state index contributed by atoms with van der Waals surface area (Å²) in [7, 11) is 0. The Morgan fingerprint density at radius 2 is 1.92 bits per heavy atom. The number of carbonyl (C=O) groups excluding carboxylic acids is 2. The molecule has 1 saturated heterocycles. The van der Waals surface area contributed by atoms with E-state index in [2.05, 4.69) is 12.2 Å². The van der Waals surface area contributed by atoms with Gasteiger partial charge in [0.15, 0.2) is 0 Å². The van der Waals surface area contributed by atoms with Gasteiger partial charge >= 0.3 is 6.09 Å². The van der Waals surface area contributed by atoms with E-state index in [1.54, 1.807) is 4.90 Å². The molecule has 2 unspecified atom stereocenters. The second kappa shape index (κ2) is 9.90. The van der Waals surface area contributed by atoms with Crippen LogP contribution in [0.2, 0.25) is 0 Å². The first-order chi connectivity index (χ1) is 11.2. The number of rotatable bonds is 7. The summed E-state index contributed by atoms with van der Waals surface area (Å²) in [5.74, 6) is 0.0382. The van der Waals surface area contributed by atoms with Crippen LogP contribution in [0.25, 0.3) is 0 Å². The summed E-state index contributed by atoms with van der Waals surface area (Å²) < 4.78 is 5.48. The van der Waals surface area contributed by atoms with E-state index in [0.717, 1.165) is 32.1 Å². The van der Waals surface area contributed by atoms with Crippen LogP contribution in [-0.2, 0) is 9.53 Å². The van der Waals surface area contributed by atoms with Crippen LogP contribution in [0.1, 0.15) is 86.0 Å². The number of hydrogen-bond acceptors (Lipinski definition) is 3. The first-order valence-electron chi connectivity index (χ1n) is 9.54. The SMILES string of the molecule is CCCCCCC(C)C(=O)NC1CCCCN1C(=O)OC(C)(C)C. The van der Waals surface area contributed by atoms with Gasteiger partial charge in [-0.1, -0.05) is 39.5 Å². The number of carbonyl (C=O) groups is 2. The number of ether oxygens (including phenoxy) is 1. The topological polar surface area (TPSA) is 58.6 Å². The standard InChI is InChI=1S/C19H36N2O3/c1-6-7-8-9-12-15(2)17(22)20-16-13-10-11-14-21(16)18(23)24-19(3,4)5/h15-16H,6-14H2,1-5H3,(H,20,22). The Balaban J connectivity index is 2.52. The molecule has 0 radical (unpaired) electrons. The van der Waals surface area contributed by atoms with E-state index in [1.807, 2.05) is 27.7 Å². The van der Waals surface area contributed by atoms with E-state index in [4.69, 9.17) is 4.74 Å². The number of nitrogens with zero attached hydrogens (tertiary/aromatic N) is 1. The summed E-state index contributed by atoms with van der Waals surface area (Å²) >= 11 is 0. The molecule has 1 aliphatic heterocycles. The number of nitrogens with one attached hydrogen (secondary N) is 1. The van der Waals surface area contributed by atoms with Crippen molar-refractivity contribution in [3.05, 3.63) is 0 Å². The van der Waals surface area contributed by atoms with E-state index in [0.29, 0.717) is 6.54 Å². The summed E-state index contributed by atoms with van der Waals surface area (Å²) in [5, 5.41) is 3.06. The Morgan fingerprint density at radius 3 is 2.54 bits per heavy atom. The zero-order chi connectivity index (χ0) is 18.2. The Hall–Kier alpha value is -1.26. The molecular formula is C19H36N2O3. The maximum atomic E-state index is 12.4. The minimum Gasteiger partial charge on any atom is -0.444 e. The number of hydrogen-bond donors (Lipinski definition) is 1. The van der Waals surface area contributed by atoms with Gasteiger partial charge in [-0.2, -0.15) is 0 Å². The molecule has 0 aromatic heterocycles. The van der Waals surface area contributed by atoms with Crippen molar-refractivity contribution in [3.8, 4) is 0 Å². The fraction of sp³-hybridized carbons (Fsp3) is 0.895. The molecule has 1 aliphatic rings. The smallest absolute Gasteiger partial charge is 0.411 e. The van der Waals surface area contributed by atoms with Gasteiger partial charge in [-0.25, -0.2) is 4.79 Å². The molecule has 1 rings (SSSR count). The fourth-order valence-corrected chi connectivity index (χ4v) is 2.94. The van der Waals surface area contributed by atoms with Gasteiger partial charge in [-0.15, -0.1) is 0 Å². The molecule has 0 spiro atoms. The van der Waals surface area contributed by atoms with Crippen molar-refractivity contribution in [1.29, 1.82) is 0 Å². The highest BCUT2D eigenvalue weighted by Gasteiger charge is 2.32. The van der Waals surface area contributed by atoms with Crippen molar-refractivity contribution in [2.75, 3.05) is 6.54 Å². The minimum absolute atomic E-state index is 0.00994. The molecule has 0 bridgehead atoms. The largest absolute Gasteiger partial charge is 0.444 e. The summed E-state index contributed by atoms with van der Waals surface area (Å²) in [6.07, 6.45) is 7.81. The van der Waals surface area contributed by atoms with Gasteiger partial charge in [-0.05, 0) is 46.5 Å². The summed E-state index contributed by atoms with van der Waals surface area (Å²) in [6.45, 7) is 10.4. The van der Waals surface area contributed by atoms with Crippen molar-refractivity contribution < 1.29 is 14.3 Å². The Bertz CT molecular complexity index is 404. The van der Waals surface area contributed by atoms with Crippen LogP contribution in [0.15, 0.2) is 0 Å². The molecule has 0 aromatic rings. The molecule has 0 aromatic carbocycles. The molecule has 1 N–H and O–H groups in total. The lowest BCUT2D eigenvalue weighted by Gasteiger charge is -2.37. The lowest BCUT2D eigenvalue weighted by Crippen LogP contribution is -2.55. The zero-order valence-corrected chi connectivity index (χ0v) is 16.2. The molecule has 0 saturated carbocycles. The van der Waals surface area contributed by atoms with Gasteiger partial charge in [-0.3, -0.25) is 9.69 Å². The highest BCUT2D eigenvalue weighted by atomic mass is 16.6. The third-order valence-electron chi connectivity index (χ3n) is 4.38. The average molecular weight is 341 g/mol. The van der Waals surface area contributed by atoms with Gasteiger partial charge in [0.05, 0.1) is 0 Å². The van der Waals surface area contributed by atoms with Crippen LogP contribution >= 0.6 is 0 Å². The zero-order valence-electron chi connectivity index (χ0n) is 16.2. The van der Waals surface area contributed by atoms with E-state index in [1.165, 1.54) is 19.3 Å². The van der Waals surface area contributed by atoms with E-state index in [9.17, 15) is 9.59 Å². The quantitative estimate of drug-likeness (QED) is 0.696. The van der Waals surface area contributed by atoms with Crippen molar-refractivity contribution in [1.82, 2.24) is 10.2 Å². The van der Waals surface area contributed by atoms with Gasteiger partial charge in [0.2, 0.25) is 5.91 Å². The summed E-state index contributed by atoms with van der Waals surface area (Å²) in [5.41, 5.74) is -0.518. The van der Waals surface area contributed by atoms with Crippen LogP contribution in [0.5, 0.6) is 0 Å². The van der Waals surface area contributed by atoms with Crippen LogP contribution in [0.3, 0.4) is 0 Å². The normalized spacial score (nSPS) is 19.7. The molecule has 0 aliphatic carbocycles.